The average molecular weight is 253 g/mol. The first kappa shape index (κ1) is 13.0. The Balaban J connectivity index is 2.37. The Morgan fingerprint density at radius 3 is 2.89 bits per heavy atom. The smallest absolute Gasteiger partial charge is 0.308 e. The van der Waals surface area contributed by atoms with Crippen molar-refractivity contribution in [3.05, 3.63) is 11.6 Å². The van der Waals surface area contributed by atoms with Crippen molar-refractivity contribution in [1.82, 2.24) is 14.8 Å². The summed E-state index contributed by atoms with van der Waals surface area (Å²) in [6.45, 7) is 4.41. The van der Waals surface area contributed by atoms with Gasteiger partial charge in [0.1, 0.15) is 11.4 Å². The zero-order chi connectivity index (χ0) is 13.3. The van der Waals surface area contributed by atoms with Crippen molar-refractivity contribution in [3.63, 3.8) is 0 Å². The highest BCUT2D eigenvalue weighted by Gasteiger charge is 2.35. The Kier molecular flexibility index (Phi) is 3.38. The van der Waals surface area contributed by atoms with E-state index in [1.54, 1.807) is 7.11 Å². The van der Waals surface area contributed by atoms with Gasteiger partial charge in [-0.1, -0.05) is 6.92 Å². The fraction of sp³-hybridized carbons (Fsp3) is 0.750. The summed E-state index contributed by atoms with van der Waals surface area (Å²) < 4.78 is 7.43. The van der Waals surface area contributed by atoms with Gasteiger partial charge in [-0.25, -0.2) is 0 Å². The molecule has 0 amide bonds. The van der Waals surface area contributed by atoms with Gasteiger partial charge in [0.15, 0.2) is 5.82 Å². The number of rotatable bonds is 4. The first-order chi connectivity index (χ1) is 8.51. The fourth-order valence-corrected chi connectivity index (χ4v) is 2.31. The molecule has 2 atom stereocenters. The number of carboxylic acids is 1. The number of aromatic nitrogens is 3. The average Bonchev–Trinajstić information content (AvgIpc) is 2.81. The molecule has 6 nitrogen and oxygen atoms in total. The number of aliphatic carboxylic acids is 1. The van der Waals surface area contributed by atoms with Crippen LogP contribution >= 0.6 is 0 Å². The van der Waals surface area contributed by atoms with Crippen LogP contribution in [0.25, 0.3) is 0 Å². The molecule has 0 aliphatic carbocycles. The molecule has 0 bridgehead atoms. The van der Waals surface area contributed by atoms with E-state index in [1.807, 2.05) is 18.4 Å². The first-order valence-corrected chi connectivity index (χ1v) is 6.22. The normalized spacial score (nSPS) is 22.3. The van der Waals surface area contributed by atoms with Crippen molar-refractivity contribution in [2.24, 2.45) is 5.92 Å². The summed E-state index contributed by atoms with van der Waals surface area (Å²) in [4.78, 5) is 11.1. The molecule has 100 valence electrons. The van der Waals surface area contributed by atoms with E-state index in [-0.39, 0.29) is 5.92 Å². The van der Waals surface area contributed by atoms with E-state index in [0.29, 0.717) is 19.4 Å². The van der Waals surface area contributed by atoms with Gasteiger partial charge in [0.25, 0.3) is 0 Å². The van der Waals surface area contributed by atoms with Gasteiger partial charge in [-0.15, -0.1) is 10.2 Å². The van der Waals surface area contributed by atoms with Crippen LogP contribution in [0.4, 0.5) is 0 Å². The molecular weight excluding hydrogens is 234 g/mol. The summed E-state index contributed by atoms with van der Waals surface area (Å²) in [7, 11) is 1.64. The zero-order valence-corrected chi connectivity index (χ0v) is 11.0. The molecule has 2 unspecified atom stereocenters. The lowest BCUT2D eigenvalue weighted by Gasteiger charge is -2.29. The number of hydrogen-bond donors (Lipinski definition) is 1. The fourth-order valence-electron chi connectivity index (χ4n) is 2.31. The Morgan fingerprint density at radius 1 is 1.61 bits per heavy atom. The molecule has 0 spiro atoms. The van der Waals surface area contributed by atoms with Crippen molar-refractivity contribution in [1.29, 1.82) is 0 Å². The first-order valence-electron chi connectivity index (χ1n) is 6.22. The third-order valence-corrected chi connectivity index (χ3v) is 3.89. The van der Waals surface area contributed by atoms with E-state index in [9.17, 15) is 4.79 Å². The van der Waals surface area contributed by atoms with E-state index in [4.69, 9.17) is 9.84 Å². The predicted molar refractivity (Wildman–Crippen MR) is 64.1 cm³/mol. The monoisotopic (exact) mass is 253 g/mol. The van der Waals surface area contributed by atoms with Gasteiger partial charge in [-0.3, -0.25) is 4.79 Å². The third-order valence-electron chi connectivity index (χ3n) is 3.89. The lowest BCUT2D eigenvalue weighted by molar-refractivity contribution is -0.142. The number of ether oxygens (including phenoxy) is 1. The maximum atomic E-state index is 11.1. The van der Waals surface area contributed by atoms with Gasteiger partial charge in [0.2, 0.25) is 0 Å². The Morgan fingerprint density at radius 2 is 2.33 bits per heavy atom. The van der Waals surface area contributed by atoms with Crippen LogP contribution in [0.1, 0.15) is 38.3 Å². The molecular formula is C12H19N3O3. The summed E-state index contributed by atoms with van der Waals surface area (Å²) in [6, 6.07) is 0. The minimum Gasteiger partial charge on any atom is -0.481 e. The summed E-state index contributed by atoms with van der Waals surface area (Å²) in [5.41, 5.74) is -0.508. The molecule has 18 heavy (non-hydrogen) atoms. The van der Waals surface area contributed by atoms with Crippen LogP contribution in [0.3, 0.4) is 0 Å². The second-order valence-electron chi connectivity index (χ2n) is 4.91. The van der Waals surface area contributed by atoms with Crippen molar-refractivity contribution >= 4 is 5.97 Å². The number of aryl methyl sites for hydroxylation is 1. The van der Waals surface area contributed by atoms with Crippen LogP contribution < -0.4 is 0 Å². The van der Waals surface area contributed by atoms with Crippen molar-refractivity contribution < 1.29 is 14.6 Å². The number of fused-ring (bicyclic) bond motifs is 1. The zero-order valence-electron chi connectivity index (χ0n) is 11.0. The molecule has 2 rings (SSSR count). The van der Waals surface area contributed by atoms with E-state index in [2.05, 4.69) is 10.2 Å². The molecule has 0 saturated carbocycles. The third kappa shape index (κ3) is 2.01. The van der Waals surface area contributed by atoms with Crippen LogP contribution in [-0.4, -0.2) is 33.0 Å². The molecule has 2 heterocycles. The number of carbonyl (C=O) groups is 1. The molecule has 1 aromatic rings. The van der Waals surface area contributed by atoms with Gasteiger partial charge in [-0.05, 0) is 19.8 Å². The highest BCUT2D eigenvalue weighted by molar-refractivity contribution is 5.70. The minimum absolute atomic E-state index is 0.356. The summed E-state index contributed by atoms with van der Waals surface area (Å²) in [6.07, 6.45) is 2.05. The van der Waals surface area contributed by atoms with E-state index >= 15 is 0 Å². The standard InChI is InChI=1S/C12H19N3O3/c1-4-12(2,18-3)11-14-13-9-6-5-8(10(16)17)7-15(9)11/h8H,4-7H2,1-3H3,(H,16,17). The quantitative estimate of drug-likeness (QED) is 0.872. The number of methoxy groups -OCH3 is 1. The molecule has 0 aromatic carbocycles. The van der Waals surface area contributed by atoms with Crippen molar-refractivity contribution in [3.8, 4) is 0 Å². The number of carboxylic acid groups (broad SMARTS) is 1. The van der Waals surface area contributed by atoms with Gasteiger partial charge >= 0.3 is 5.97 Å². The number of hydrogen-bond acceptors (Lipinski definition) is 4. The van der Waals surface area contributed by atoms with Crippen LogP contribution in [0.5, 0.6) is 0 Å². The maximum absolute atomic E-state index is 11.1. The Bertz CT molecular complexity index is 451. The summed E-state index contributed by atoms with van der Waals surface area (Å²) >= 11 is 0. The van der Waals surface area contributed by atoms with E-state index < -0.39 is 11.6 Å². The van der Waals surface area contributed by atoms with Gasteiger partial charge in [0.05, 0.1) is 5.92 Å². The van der Waals surface area contributed by atoms with Crippen LogP contribution in [0.15, 0.2) is 0 Å². The highest BCUT2D eigenvalue weighted by atomic mass is 16.5. The summed E-state index contributed by atoms with van der Waals surface area (Å²) in [5, 5.41) is 17.5. The van der Waals surface area contributed by atoms with Gasteiger partial charge in [0, 0.05) is 20.1 Å². The molecule has 1 aliphatic rings. The van der Waals surface area contributed by atoms with E-state index in [1.165, 1.54) is 0 Å². The lowest BCUT2D eigenvalue weighted by Crippen LogP contribution is -2.33. The second-order valence-corrected chi connectivity index (χ2v) is 4.91. The highest BCUT2D eigenvalue weighted by Crippen LogP contribution is 2.30. The maximum Gasteiger partial charge on any atom is 0.308 e. The molecule has 0 saturated heterocycles. The minimum atomic E-state index is -0.754. The largest absolute Gasteiger partial charge is 0.481 e. The van der Waals surface area contributed by atoms with Crippen LogP contribution in [0, 0.1) is 5.92 Å². The molecule has 1 aliphatic heterocycles. The Hall–Kier alpha value is -1.43. The topological polar surface area (TPSA) is 77.2 Å². The van der Waals surface area contributed by atoms with Crippen LogP contribution in [0.2, 0.25) is 0 Å². The summed E-state index contributed by atoms with van der Waals surface area (Å²) in [5.74, 6) is 0.480. The molecule has 0 fully saturated rings. The molecule has 1 aromatic heterocycles. The van der Waals surface area contributed by atoms with Gasteiger partial charge in [-0.2, -0.15) is 0 Å². The predicted octanol–water partition coefficient (Wildman–Crippen LogP) is 1.20. The Labute approximate surface area is 106 Å². The second kappa shape index (κ2) is 4.68. The SMILES string of the molecule is CCC(C)(OC)c1nnc2n1CC(C(=O)O)CC2. The molecule has 1 N–H and O–H groups in total. The molecule has 0 radical (unpaired) electrons. The van der Waals surface area contributed by atoms with Crippen molar-refractivity contribution in [2.75, 3.05) is 7.11 Å². The van der Waals surface area contributed by atoms with Gasteiger partial charge < -0.3 is 14.4 Å². The lowest BCUT2D eigenvalue weighted by atomic mass is 9.97. The van der Waals surface area contributed by atoms with E-state index in [0.717, 1.165) is 18.1 Å². The van der Waals surface area contributed by atoms with Crippen LogP contribution in [-0.2, 0) is 28.1 Å². The number of nitrogens with zero attached hydrogens (tertiary/aromatic N) is 3. The van der Waals surface area contributed by atoms with Crippen molar-refractivity contribution in [2.45, 2.75) is 45.3 Å². The molecule has 6 heteroatoms.